The number of rotatable bonds is 9. The maximum Gasteiger partial charge on any atom is 0.490 e. The van der Waals surface area contributed by atoms with Gasteiger partial charge in [-0.05, 0) is 54.3 Å². The summed E-state index contributed by atoms with van der Waals surface area (Å²) in [4.78, 5) is 36.6. The Morgan fingerprint density at radius 2 is 1.76 bits per heavy atom. The summed E-state index contributed by atoms with van der Waals surface area (Å²) in [5, 5.41) is 22.2. The molecule has 12 heteroatoms. The lowest BCUT2D eigenvalue weighted by molar-refractivity contribution is -0.192. The zero-order chi connectivity index (χ0) is 27.6. The lowest BCUT2D eigenvalue weighted by Crippen LogP contribution is -2.25. The van der Waals surface area contributed by atoms with Crippen molar-refractivity contribution in [1.82, 2.24) is 0 Å². The van der Waals surface area contributed by atoms with Crippen LogP contribution in [0.4, 0.5) is 24.5 Å². The van der Waals surface area contributed by atoms with Crippen LogP contribution in [0.5, 0.6) is 0 Å². The average Bonchev–Trinajstić information content (AvgIpc) is 3.35. The number of carboxylic acids is 2. The highest BCUT2D eigenvalue weighted by atomic mass is 35.5. The number of hydrogen-bond acceptors (Lipinski definition) is 5. The van der Waals surface area contributed by atoms with Gasteiger partial charge in [-0.15, -0.1) is 11.3 Å². The van der Waals surface area contributed by atoms with E-state index in [1.54, 1.807) is 47.7 Å². The van der Waals surface area contributed by atoms with Gasteiger partial charge in [0.05, 0.1) is 17.8 Å². The Balaban J connectivity index is 0.000000604. The standard InChI is InChI=1S/C23H23ClN2O3S.C2HF3O2/c1-2-3-11-26(15-19-8-5-12-30-19)21-10-9-18(14-20(21)23(28)29)25-22(27)16-6-4-7-17(24)13-16;3-2(4,5)1(6)7/h4-10,12-14H,2-3,11,15H2,1H3,(H,25,27)(H,28,29);(H,6,7). The second-order valence-electron chi connectivity index (χ2n) is 7.66. The van der Waals surface area contributed by atoms with Crippen LogP contribution in [0, 0.1) is 0 Å². The van der Waals surface area contributed by atoms with E-state index in [0.29, 0.717) is 28.5 Å². The number of nitrogens with zero attached hydrogens (tertiary/aromatic N) is 1. The van der Waals surface area contributed by atoms with E-state index in [-0.39, 0.29) is 11.5 Å². The quantitative estimate of drug-likeness (QED) is 0.268. The fourth-order valence-electron chi connectivity index (χ4n) is 3.12. The molecule has 37 heavy (non-hydrogen) atoms. The fraction of sp³-hybridized carbons (Fsp3) is 0.240. The number of nitrogens with one attached hydrogen (secondary N) is 1. The number of amides is 1. The number of unbranched alkanes of at least 4 members (excludes halogenated alkanes) is 1. The largest absolute Gasteiger partial charge is 0.490 e. The van der Waals surface area contributed by atoms with Crippen molar-refractivity contribution in [3.05, 3.63) is 81.0 Å². The molecule has 1 heterocycles. The monoisotopic (exact) mass is 556 g/mol. The summed E-state index contributed by atoms with van der Waals surface area (Å²) in [5.41, 5.74) is 1.63. The molecule has 2 aromatic carbocycles. The van der Waals surface area contributed by atoms with E-state index in [1.807, 2.05) is 17.5 Å². The minimum atomic E-state index is -5.08. The van der Waals surface area contributed by atoms with Crippen LogP contribution in [0.2, 0.25) is 5.02 Å². The van der Waals surface area contributed by atoms with E-state index < -0.39 is 18.1 Å². The van der Waals surface area contributed by atoms with E-state index in [2.05, 4.69) is 17.1 Å². The van der Waals surface area contributed by atoms with Crippen molar-refractivity contribution < 1.29 is 37.8 Å². The van der Waals surface area contributed by atoms with Crippen LogP contribution in [0.15, 0.2) is 60.0 Å². The van der Waals surface area contributed by atoms with Crippen LogP contribution in [0.25, 0.3) is 0 Å². The van der Waals surface area contributed by atoms with Crippen LogP contribution in [0.3, 0.4) is 0 Å². The molecular weight excluding hydrogens is 533 g/mol. The van der Waals surface area contributed by atoms with Gasteiger partial charge in [-0.25, -0.2) is 9.59 Å². The normalized spacial score (nSPS) is 10.7. The SMILES string of the molecule is CCCCN(Cc1cccs1)c1ccc(NC(=O)c2cccc(Cl)c2)cc1C(=O)O.O=C(O)C(F)(F)F. The minimum absolute atomic E-state index is 0.159. The number of carbonyl (C=O) groups is 3. The van der Waals surface area contributed by atoms with E-state index in [4.69, 9.17) is 21.5 Å². The fourth-order valence-corrected chi connectivity index (χ4v) is 4.03. The molecular formula is C25H24ClF3N2O5S. The first-order valence-electron chi connectivity index (χ1n) is 10.9. The first-order chi connectivity index (χ1) is 17.4. The number of thiophene rings is 1. The van der Waals surface area contributed by atoms with Crippen molar-refractivity contribution in [2.75, 3.05) is 16.8 Å². The second kappa shape index (κ2) is 13.7. The molecule has 0 radical (unpaired) electrons. The third kappa shape index (κ3) is 9.43. The maximum atomic E-state index is 12.5. The zero-order valence-corrected chi connectivity index (χ0v) is 21.2. The Labute approximate surface area is 220 Å². The minimum Gasteiger partial charge on any atom is -0.478 e. The summed E-state index contributed by atoms with van der Waals surface area (Å²) in [6, 6.07) is 15.6. The second-order valence-corrected chi connectivity index (χ2v) is 9.13. The van der Waals surface area contributed by atoms with Gasteiger partial charge in [0.1, 0.15) is 0 Å². The summed E-state index contributed by atoms with van der Waals surface area (Å²) in [7, 11) is 0. The number of aromatic carboxylic acids is 1. The zero-order valence-electron chi connectivity index (χ0n) is 19.6. The van der Waals surface area contributed by atoms with Gasteiger partial charge < -0.3 is 20.4 Å². The van der Waals surface area contributed by atoms with Gasteiger partial charge in [0.25, 0.3) is 5.91 Å². The molecule has 0 aliphatic rings. The molecule has 0 aliphatic heterocycles. The highest BCUT2D eigenvalue weighted by molar-refractivity contribution is 7.09. The molecule has 0 unspecified atom stereocenters. The summed E-state index contributed by atoms with van der Waals surface area (Å²) in [6.07, 6.45) is -3.12. The lowest BCUT2D eigenvalue weighted by Gasteiger charge is -2.26. The molecule has 3 N–H and O–H groups in total. The van der Waals surface area contributed by atoms with E-state index >= 15 is 0 Å². The van der Waals surface area contributed by atoms with Crippen LogP contribution in [-0.4, -0.2) is 40.8 Å². The van der Waals surface area contributed by atoms with E-state index in [1.165, 1.54) is 10.9 Å². The summed E-state index contributed by atoms with van der Waals surface area (Å²) in [5.74, 6) is -4.13. The van der Waals surface area contributed by atoms with Gasteiger partial charge in [-0.2, -0.15) is 13.2 Å². The summed E-state index contributed by atoms with van der Waals surface area (Å²) >= 11 is 7.60. The number of benzene rings is 2. The van der Waals surface area contributed by atoms with Crippen molar-refractivity contribution in [3.8, 4) is 0 Å². The number of carboxylic acid groups (broad SMARTS) is 2. The number of hydrogen-bond donors (Lipinski definition) is 3. The predicted octanol–water partition coefficient (Wildman–Crippen LogP) is 6.79. The molecule has 3 aromatic rings. The topological polar surface area (TPSA) is 107 Å². The van der Waals surface area contributed by atoms with Crippen LogP contribution >= 0.6 is 22.9 Å². The Bertz CT molecular complexity index is 1220. The van der Waals surface area contributed by atoms with Crippen molar-refractivity contribution in [2.24, 2.45) is 0 Å². The molecule has 198 valence electrons. The van der Waals surface area contributed by atoms with Crippen molar-refractivity contribution in [2.45, 2.75) is 32.5 Å². The first-order valence-corrected chi connectivity index (χ1v) is 12.2. The molecule has 3 rings (SSSR count). The Morgan fingerprint density at radius 1 is 1.05 bits per heavy atom. The average molecular weight is 557 g/mol. The van der Waals surface area contributed by atoms with Gasteiger partial charge >= 0.3 is 18.1 Å². The molecule has 0 aliphatic carbocycles. The molecule has 0 atom stereocenters. The van der Waals surface area contributed by atoms with Crippen molar-refractivity contribution >= 4 is 52.2 Å². The molecule has 0 bridgehead atoms. The van der Waals surface area contributed by atoms with Crippen molar-refractivity contribution in [3.63, 3.8) is 0 Å². The van der Waals surface area contributed by atoms with Gasteiger partial charge in [0.15, 0.2) is 0 Å². The van der Waals surface area contributed by atoms with Crippen LogP contribution < -0.4 is 10.2 Å². The highest BCUT2D eigenvalue weighted by Crippen LogP contribution is 2.28. The molecule has 7 nitrogen and oxygen atoms in total. The van der Waals surface area contributed by atoms with Gasteiger partial charge in [-0.3, -0.25) is 4.79 Å². The summed E-state index contributed by atoms with van der Waals surface area (Å²) in [6.45, 7) is 3.50. The Morgan fingerprint density at radius 3 is 2.30 bits per heavy atom. The lowest BCUT2D eigenvalue weighted by atomic mass is 10.1. The number of aliphatic carboxylic acids is 1. The van der Waals surface area contributed by atoms with E-state index in [9.17, 15) is 27.9 Å². The highest BCUT2D eigenvalue weighted by Gasteiger charge is 2.38. The molecule has 0 fully saturated rings. The van der Waals surface area contributed by atoms with Crippen LogP contribution in [-0.2, 0) is 11.3 Å². The summed E-state index contributed by atoms with van der Waals surface area (Å²) < 4.78 is 31.7. The number of carbonyl (C=O) groups excluding carboxylic acids is 1. The molecule has 0 saturated heterocycles. The van der Waals surface area contributed by atoms with Crippen LogP contribution in [0.1, 0.15) is 45.4 Å². The van der Waals surface area contributed by atoms with Gasteiger partial charge in [0, 0.05) is 27.7 Å². The third-order valence-electron chi connectivity index (χ3n) is 4.86. The Hall–Kier alpha value is -3.57. The molecule has 1 aromatic heterocycles. The van der Waals surface area contributed by atoms with Crippen molar-refractivity contribution in [1.29, 1.82) is 0 Å². The number of anilines is 2. The number of alkyl halides is 3. The smallest absolute Gasteiger partial charge is 0.478 e. The van der Waals surface area contributed by atoms with E-state index in [0.717, 1.165) is 19.4 Å². The first kappa shape index (κ1) is 29.7. The maximum absolute atomic E-state index is 12.5. The Kier molecular flexibility index (Phi) is 10.9. The molecule has 0 spiro atoms. The molecule has 1 amide bonds. The van der Waals surface area contributed by atoms with Gasteiger partial charge in [-0.1, -0.05) is 37.1 Å². The van der Waals surface area contributed by atoms with Gasteiger partial charge in [0.2, 0.25) is 0 Å². The molecule has 0 saturated carbocycles. The predicted molar refractivity (Wildman–Crippen MR) is 137 cm³/mol. The third-order valence-corrected chi connectivity index (χ3v) is 5.96. The number of halogens is 4.